The van der Waals surface area contributed by atoms with Crippen LogP contribution in [0.25, 0.3) is 0 Å². The van der Waals surface area contributed by atoms with Crippen molar-refractivity contribution in [2.45, 2.75) is 13.8 Å². The summed E-state index contributed by atoms with van der Waals surface area (Å²) in [6.45, 7) is 3.60. The highest BCUT2D eigenvalue weighted by atomic mass is 35.5. The molecule has 2 aromatic carbocycles. The van der Waals surface area contributed by atoms with Crippen LogP contribution in [-0.2, 0) is 4.79 Å². The van der Waals surface area contributed by atoms with Crippen LogP contribution in [0.4, 0.5) is 11.4 Å². The van der Waals surface area contributed by atoms with Gasteiger partial charge < -0.3 is 15.4 Å². The molecule has 0 fully saturated rings. The smallest absolute Gasteiger partial charge is 0.257 e. The van der Waals surface area contributed by atoms with Crippen LogP contribution in [0.5, 0.6) is 5.75 Å². The van der Waals surface area contributed by atoms with Gasteiger partial charge in [-0.05, 0) is 30.3 Å². The summed E-state index contributed by atoms with van der Waals surface area (Å²) in [5, 5.41) is 6.23. The Hall–Kier alpha value is -2.24. The van der Waals surface area contributed by atoms with Crippen LogP contribution in [0.3, 0.4) is 0 Å². The molecule has 2 N–H and O–H groups in total. The minimum Gasteiger partial charge on any atom is -0.494 e. The monoisotopic (exact) mass is 380 g/mol. The fraction of sp³-hybridized carbons (Fsp3) is 0.222. The molecule has 0 spiro atoms. The summed E-state index contributed by atoms with van der Waals surface area (Å²) < 4.78 is 5.28. The van der Waals surface area contributed by atoms with E-state index in [1.807, 2.05) is 0 Å². The van der Waals surface area contributed by atoms with Gasteiger partial charge in [0.05, 0.1) is 23.4 Å². The SMILES string of the molecule is COc1cc(NC(=O)c2ccc(Cl)cc2Cl)ccc1NC(=O)C(C)C. The van der Waals surface area contributed by atoms with Crippen molar-refractivity contribution in [1.82, 2.24) is 0 Å². The third kappa shape index (κ3) is 4.87. The van der Waals surface area contributed by atoms with E-state index in [1.165, 1.54) is 13.2 Å². The van der Waals surface area contributed by atoms with Crippen molar-refractivity contribution in [3.05, 3.63) is 52.0 Å². The Balaban J connectivity index is 2.20. The van der Waals surface area contributed by atoms with Crippen LogP contribution in [-0.4, -0.2) is 18.9 Å². The molecule has 0 aromatic heterocycles. The number of benzene rings is 2. The Kier molecular flexibility index (Phi) is 6.28. The number of carbonyl (C=O) groups is 2. The van der Waals surface area contributed by atoms with E-state index < -0.39 is 0 Å². The summed E-state index contributed by atoms with van der Waals surface area (Å²) in [5.41, 5.74) is 1.35. The summed E-state index contributed by atoms with van der Waals surface area (Å²) in [7, 11) is 1.49. The zero-order valence-corrected chi connectivity index (χ0v) is 15.5. The average Bonchev–Trinajstić information content (AvgIpc) is 2.55. The third-order valence-electron chi connectivity index (χ3n) is 3.42. The van der Waals surface area contributed by atoms with Crippen LogP contribution in [0.1, 0.15) is 24.2 Å². The number of nitrogens with one attached hydrogen (secondary N) is 2. The van der Waals surface area contributed by atoms with Gasteiger partial charge in [-0.3, -0.25) is 9.59 Å². The second-order valence-corrected chi connectivity index (χ2v) is 6.48. The number of anilines is 2. The molecule has 2 rings (SSSR count). The van der Waals surface area contributed by atoms with Crippen molar-refractivity contribution in [2.75, 3.05) is 17.7 Å². The molecule has 7 heteroatoms. The van der Waals surface area contributed by atoms with Crippen molar-refractivity contribution in [3.63, 3.8) is 0 Å². The zero-order chi connectivity index (χ0) is 18.6. The predicted molar refractivity (Wildman–Crippen MR) is 101 cm³/mol. The van der Waals surface area contributed by atoms with E-state index in [4.69, 9.17) is 27.9 Å². The molecule has 25 heavy (non-hydrogen) atoms. The van der Waals surface area contributed by atoms with E-state index >= 15 is 0 Å². The molecule has 0 saturated carbocycles. The first-order valence-electron chi connectivity index (χ1n) is 7.57. The van der Waals surface area contributed by atoms with Crippen LogP contribution in [0, 0.1) is 5.92 Å². The molecular formula is C18H18Cl2N2O3. The Morgan fingerprint density at radius 3 is 2.36 bits per heavy atom. The molecule has 2 aromatic rings. The second kappa shape index (κ2) is 8.23. The largest absolute Gasteiger partial charge is 0.494 e. The molecular weight excluding hydrogens is 363 g/mol. The molecule has 5 nitrogen and oxygen atoms in total. The predicted octanol–water partition coefficient (Wildman–Crippen LogP) is 4.85. The van der Waals surface area contributed by atoms with Crippen LogP contribution >= 0.6 is 23.2 Å². The maximum absolute atomic E-state index is 12.3. The number of halogens is 2. The van der Waals surface area contributed by atoms with Crippen molar-refractivity contribution in [2.24, 2.45) is 5.92 Å². The van der Waals surface area contributed by atoms with Gasteiger partial charge in [-0.25, -0.2) is 0 Å². The standard InChI is InChI=1S/C18H18Cl2N2O3/c1-10(2)17(23)22-15-7-5-12(9-16(15)25-3)21-18(24)13-6-4-11(19)8-14(13)20/h4-10H,1-3H3,(H,21,24)(H,22,23). The molecule has 0 atom stereocenters. The molecule has 0 bridgehead atoms. The van der Waals surface area contributed by atoms with Gasteiger partial charge in [-0.15, -0.1) is 0 Å². The average molecular weight is 381 g/mol. The number of methoxy groups -OCH3 is 1. The van der Waals surface area contributed by atoms with Crippen LogP contribution in [0.2, 0.25) is 10.0 Å². The summed E-state index contributed by atoms with van der Waals surface area (Å²) in [4.78, 5) is 24.2. The molecule has 0 radical (unpaired) electrons. The Labute approximate surface area is 156 Å². The zero-order valence-electron chi connectivity index (χ0n) is 14.0. The van der Waals surface area contributed by atoms with Crippen LogP contribution in [0.15, 0.2) is 36.4 Å². The van der Waals surface area contributed by atoms with Crippen molar-refractivity contribution in [3.8, 4) is 5.75 Å². The number of amides is 2. The maximum atomic E-state index is 12.3. The molecule has 2 amide bonds. The number of ether oxygens (including phenoxy) is 1. The summed E-state index contributed by atoms with van der Waals surface area (Å²) in [6, 6.07) is 9.60. The Morgan fingerprint density at radius 1 is 1.04 bits per heavy atom. The lowest BCUT2D eigenvalue weighted by Gasteiger charge is -2.14. The number of carbonyl (C=O) groups excluding carboxylic acids is 2. The van der Waals surface area contributed by atoms with Crippen molar-refractivity contribution in [1.29, 1.82) is 0 Å². The third-order valence-corrected chi connectivity index (χ3v) is 3.97. The second-order valence-electron chi connectivity index (χ2n) is 5.64. The van der Waals surface area contributed by atoms with Gasteiger partial charge in [0, 0.05) is 22.7 Å². The molecule has 0 unspecified atom stereocenters. The molecule has 132 valence electrons. The Morgan fingerprint density at radius 2 is 1.76 bits per heavy atom. The fourth-order valence-electron chi connectivity index (χ4n) is 2.02. The first-order chi connectivity index (χ1) is 11.8. The Bertz CT molecular complexity index is 807. The topological polar surface area (TPSA) is 67.4 Å². The fourth-order valence-corrected chi connectivity index (χ4v) is 2.52. The van der Waals surface area contributed by atoms with E-state index in [0.29, 0.717) is 27.7 Å². The highest BCUT2D eigenvalue weighted by Gasteiger charge is 2.14. The van der Waals surface area contributed by atoms with Gasteiger partial charge in [0.15, 0.2) is 0 Å². The minimum absolute atomic E-state index is 0.122. The van der Waals surface area contributed by atoms with Gasteiger partial charge in [0.2, 0.25) is 5.91 Å². The molecule has 0 aliphatic rings. The van der Waals surface area contributed by atoms with Crippen molar-refractivity contribution >= 4 is 46.4 Å². The number of hydrogen-bond acceptors (Lipinski definition) is 3. The summed E-state index contributed by atoms with van der Waals surface area (Å²) in [5.74, 6) is -0.212. The van der Waals surface area contributed by atoms with E-state index in [-0.39, 0.29) is 22.8 Å². The van der Waals surface area contributed by atoms with E-state index in [9.17, 15) is 9.59 Å². The van der Waals surface area contributed by atoms with Gasteiger partial charge in [-0.2, -0.15) is 0 Å². The number of hydrogen-bond donors (Lipinski definition) is 2. The van der Waals surface area contributed by atoms with E-state index in [0.717, 1.165) is 0 Å². The first-order valence-corrected chi connectivity index (χ1v) is 8.32. The lowest BCUT2D eigenvalue weighted by atomic mass is 10.1. The van der Waals surface area contributed by atoms with Gasteiger partial charge in [-0.1, -0.05) is 37.0 Å². The summed E-state index contributed by atoms with van der Waals surface area (Å²) in [6.07, 6.45) is 0. The van der Waals surface area contributed by atoms with Gasteiger partial charge in [0.1, 0.15) is 5.75 Å². The molecule has 0 saturated heterocycles. The normalized spacial score (nSPS) is 10.5. The lowest BCUT2D eigenvalue weighted by Crippen LogP contribution is -2.18. The van der Waals surface area contributed by atoms with E-state index in [1.54, 1.807) is 44.2 Å². The highest BCUT2D eigenvalue weighted by Crippen LogP contribution is 2.29. The van der Waals surface area contributed by atoms with E-state index in [2.05, 4.69) is 10.6 Å². The maximum Gasteiger partial charge on any atom is 0.257 e. The quantitative estimate of drug-likeness (QED) is 0.778. The molecule has 0 heterocycles. The highest BCUT2D eigenvalue weighted by molar-refractivity contribution is 6.37. The summed E-state index contributed by atoms with van der Waals surface area (Å²) >= 11 is 11.9. The van der Waals surface area contributed by atoms with Crippen molar-refractivity contribution < 1.29 is 14.3 Å². The lowest BCUT2D eigenvalue weighted by molar-refractivity contribution is -0.118. The van der Waals surface area contributed by atoms with Gasteiger partial charge >= 0.3 is 0 Å². The van der Waals surface area contributed by atoms with Gasteiger partial charge in [0.25, 0.3) is 5.91 Å². The van der Waals surface area contributed by atoms with Crippen LogP contribution < -0.4 is 15.4 Å². The molecule has 0 aliphatic carbocycles. The first kappa shape index (κ1) is 19.1. The number of rotatable bonds is 5. The molecule has 0 aliphatic heterocycles. The minimum atomic E-state index is -0.373.